The lowest BCUT2D eigenvalue weighted by Crippen LogP contribution is -2.73. The maximum atomic E-state index is 12.5. The Kier molecular flexibility index (Phi) is 2.60. The predicted octanol–water partition coefficient (Wildman–Crippen LogP) is -0.454. The molecule has 4 aliphatic rings. The molecular formula is C16H20O7. The first-order valence-electron chi connectivity index (χ1n) is 7.69. The summed E-state index contributed by atoms with van der Waals surface area (Å²) < 4.78 is 16.2. The fourth-order valence-corrected chi connectivity index (χ4v) is 5.48. The molecule has 2 saturated carbocycles. The van der Waals surface area contributed by atoms with Crippen molar-refractivity contribution in [1.82, 2.24) is 0 Å². The van der Waals surface area contributed by atoms with Gasteiger partial charge in [-0.1, -0.05) is 12.2 Å². The number of hydrogen-bond donors (Lipinski definition) is 2. The van der Waals surface area contributed by atoms with Crippen LogP contribution in [0.5, 0.6) is 0 Å². The molecule has 0 unspecified atom stereocenters. The molecule has 0 aromatic heterocycles. The van der Waals surface area contributed by atoms with E-state index in [4.69, 9.17) is 14.2 Å². The molecule has 2 heterocycles. The van der Waals surface area contributed by atoms with Crippen molar-refractivity contribution in [3.05, 3.63) is 12.2 Å². The van der Waals surface area contributed by atoms with Crippen molar-refractivity contribution in [1.29, 1.82) is 0 Å². The minimum absolute atomic E-state index is 0.0222. The van der Waals surface area contributed by atoms with Gasteiger partial charge < -0.3 is 24.4 Å². The molecule has 7 heteroatoms. The van der Waals surface area contributed by atoms with Gasteiger partial charge in [0, 0.05) is 12.3 Å². The highest BCUT2D eigenvalue weighted by Gasteiger charge is 2.89. The quantitative estimate of drug-likeness (QED) is 0.524. The van der Waals surface area contributed by atoms with Crippen LogP contribution in [0.25, 0.3) is 0 Å². The molecule has 126 valence electrons. The molecule has 8 atom stereocenters. The molecule has 0 aromatic carbocycles. The van der Waals surface area contributed by atoms with E-state index in [9.17, 15) is 19.8 Å². The van der Waals surface area contributed by atoms with Crippen molar-refractivity contribution < 1.29 is 34.0 Å². The fourth-order valence-electron chi connectivity index (χ4n) is 5.48. The van der Waals surface area contributed by atoms with Gasteiger partial charge >= 0.3 is 11.9 Å². The van der Waals surface area contributed by atoms with E-state index < -0.39 is 58.7 Å². The first-order valence-corrected chi connectivity index (χ1v) is 7.69. The average Bonchev–Trinajstić information content (AvgIpc) is 2.67. The van der Waals surface area contributed by atoms with Crippen LogP contribution < -0.4 is 0 Å². The van der Waals surface area contributed by atoms with Crippen LogP contribution in [0.1, 0.15) is 20.3 Å². The highest BCUT2D eigenvalue weighted by atomic mass is 16.6. The van der Waals surface area contributed by atoms with Gasteiger partial charge in [0.1, 0.15) is 18.3 Å². The molecule has 4 fully saturated rings. The minimum atomic E-state index is -1.95. The summed E-state index contributed by atoms with van der Waals surface area (Å²) in [6.07, 6.45) is -2.40. The average molecular weight is 324 g/mol. The third kappa shape index (κ3) is 1.24. The summed E-state index contributed by atoms with van der Waals surface area (Å²) in [5.41, 5.74) is -4.31. The lowest BCUT2D eigenvalue weighted by molar-refractivity contribution is -0.270. The number of esters is 2. The van der Waals surface area contributed by atoms with E-state index in [2.05, 4.69) is 6.58 Å². The Morgan fingerprint density at radius 3 is 2.65 bits per heavy atom. The SMILES string of the molecule is C=C(C)[C@@H]1[C@@H]2O[C@@H]3C[C@@](O)([C@H]1C(=O)OC)[C@@]1(C)[C@@H]2OC(=O)[C@@]31O. The Morgan fingerprint density at radius 1 is 1.43 bits per heavy atom. The van der Waals surface area contributed by atoms with E-state index in [-0.39, 0.29) is 6.42 Å². The number of hydrogen-bond acceptors (Lipinski definition) is 7. The second kappa shape index (κ2) is 3.96. The van der Waals surface area contributed by atoms with Crippen LogP contribution in [0.4, 0.5) is 0 Å². The summed E-state index contributed by atoms with van der Waals surface area (Å²) in [6.45, 7) is 7.26. The molecule has 2 N–H and O–H groups in total. The van der Waals surface area contributed by atoms with Crippen LogP contribution in [0.3, 0.4) is 0 Å². The molecule has 23 heavy (non-hydrogen) atoms. The van der Waals surface area contributed by atoms with E-state index in [1.54, 1.807) is 13.8 Å². The van der Waals surface area contributed by atoms with Gasteiger partial charge in [0.25, 0.3) is 0 Å². The van der Waals surface area contributed by atoms with Gasteiger partial charge in [0.05, 0.1) is 24.0 Å². The molecule has 2 saturated heterocycles. The molecule has 2 aliphatic heterocycles. The normalized spacial score (nSPS) is 55.7. The Balaban J connectivity index is 1.99. The van der Waals surface area contributed by atoms with E-state index in [1.807, 2.05) is 0 Å². The number of methoxy groups -OCH3 is 1. The summed E-state index contributed by atoms with van der Waals surface area (Å²) in [5, 5.41) is 22.5. The molecule has 0 amide bonds. The number of carbonyl (C=O) groups excluding carboxylic acids is 2. The van der Waals surface area contributed by atoms with Crippen LogP contribution >= 0.6 is 0 Å². The van der Waals surface area contributed by atoms with E-state index in [0.717, 1.165) is 0 Å². The van der Waals surface area contributed by atoms with Gasteiger partial charge in [-0.3, -0.25) is 4.79 Å². The first kappa shape index (κ1) is 15.1. The monoisotopic (exact) mass is 324 g/mol. The molecule has 0 aromatic rings. The molecule has 7 nitrogen and oxygen atoms in total. The zero-order chi connectivity index (χ0) is 16.9. The zero-order valence-electron chi connectivity index (χ0n) is 13.2. The summed E-state index contributed by atoms with van der Waals surface area (Å²) in [6, 6.07) is 0. The van der Waals surface area contributed by atoms with Gasteiger partial charge in [-0.25, -0.2) is 4.79 Å². The van der Waals surface area contributed by atoms with Gasteiger partial charge in [0.2, 0.25) is 0 Å². The Hall–Kier alpha value is -1.44. The second-order valence-electron chi connectivity index (χ2n) is 7.39. The molecule has 0 spiro atoms. The summed E-state index contributed by atoms with van der Waals surface area (Å²) >= 11 is 0. The molecule has 4 rings (SSSR count). The number of carbonyl (C=O) groups is 2. The van der Waals surface area contributed by atoms with E-state index >= 15 is 0 Å². The van der Waals surface area contributed by atoms with Crippen molar-refractivity contribution in [2.24, 2.45) is 17.3 Å². The van der Waals surface area contributed by atoms with Crippen molar-refractivity contribution in [3.8, 4) is 0 Å². The lowest BCUT2D eigenvalue weighted by atomic mass is 9.51. The van der Waals surface area contributed by atoms with E-state index in [0.29, 0.717) is 5.57 Å². The maximum Gasteiger partial charge on any atom is 0.342 e. The molecule has 0 radical (unpaired) electrons. The van der Waals surface area contributed by atoms with Crippen molar-refractivity contribution in [2.75, 3.05) is 7.11 Å². The van der Waals surface area contributed by atoms with Crippen LogP contribution in [0.2, 0.25) is 0 Å². The Bertz CT molecular complexity index is 644. The fraction of sp³-hybridized carbons (Fsp3) is 0.750. The van der Waals surface area contributed by atoms with Crippen molar-refractivity contribution >= 4 is 11.9 Å². The standard InChI is InChI=1S/C16H20O7/c1-6(2)8-9(12(17)21-4)15(19)5-7-16(20)13(18)23-11(10(8)22-7)14(15,16)3/h7-11,19-20H,1,5H2,2-4H3/t7-,8+,9-,10+,11-,14-,15-,16+/m1/s1. The largest absolute Gasteiger partial charge is 0.469 e. The summed E-state index contributed by atoms with van der Waals surface area (Å²) in [7, 11) is 1.25. The highest BCUT2D eigenvalue weighted by Crippen LogP contribution is 2.71. The van der Waals surface area contributed by atoms with Crippen LogP contribution in [0, 0.1) is 17.3 Å². The Labute approximate surface area is 133 Å². The third-order valence-electron chi connectivity index (χ3n) is 6.64. The molecule has 2 aliphatic carbocycles. The number of ether oxygens (including phenoxy) is 3. The van der Waals surface area contributed by atoms with Gasteiger partial charge in [-0.2, -0.15) is 0 Å². The maximum absolute atomic E-state index is 12.5. The zero-order valence-corrected chi connectivity index (χ0v) is 13.2. The number of rotatable bonds is 2. The van der Waals surface area contributed by atoms with Crippen molar-refractivity contribution in [2.45, 2.75) is 49.8 Å². The van der Waals surface area contributed by atoms with Crippen LogP contribution in [0.15, 0.2) is 12.2 Å². The highest BCUT2D eigenvalue weighted by molar-refractivity contribution is 5.88. The predicted molar refractivity (Wildman–Crippen MR) is 75.0 cm³/mol. The van der Waals surface area contributed by atoms with Gasteiger partial charge in [-0.05, 0) is 13.8 Å². The molecular weight excluding hydrogens is 304 g/mol. The van der Waals surface area contributed by atoms with Crippen LogP contribution in [-0.4, -0.2) is 58.8 Å². The first-order chi connectivity index (χ1) is 10.6. The third-order valence-corrected chi connectivity index (χ3v) is 6.64. The van der Waals surface area contributed by atoms with Crippen LogP contribution in [-0.2, 0) is 23.8 Å². The van der Waals surface area contributed by atoms with Gasteiger partial charge in [-0.15, -0.1) is 0 Å². The summed E-state index contributed by atoms with van der Waals surface area (Å²) in [4.78, 5) is 24.8. The van der Waals surface area contributed by atoms with Gasteiger partial charge in [0.15, 0.2) is 5.60 Å². The Morgan fingerprint density at radius 2 is 2.09 bits per heavy atom. The van der Waals surface area contributed by atoms with Crippen molar-refractivity contribution in [3.63, 3.8) is 0 Å². The lowest BCUT2D eigenvalue weighted by Gasteiger charge is -2.57. The van der Waals surface area contributed by atoms with E-state index in [1.165, 1.54) is 7.11 Å². The number of aliphatic hydroxyl groups is 2. The topological polar surface area (TPSA) is 102 Å². The molecule has 5 bridgehead atoms. The second-order valence-corrected chi connectivity index (χ2v) is 7.39. The minimum Gasteiger partial charge on any atom is -0.469 e. The smallest absolute Gasteiger partial charge is 0.342 e. The summed E-state index contributed by atoms with van der Waals surface area (Å²) in [5.74, 6) is -2.91.